The van der Waals surface area contributed by atoms with Gasteiger partial charge in [0.15, 0.2) is 0 Å². The van der Waals surface area contributed by atoms with Crippen molar-refractivity contribution in [2.45, 2.75) is 6.61 Å². The smallest absolute Gasteiger partial charge is 0.144 e. The van der Waals surface area contributed by atoms with Gasteiger partial charge >= 0.3 is 0 Å². The van der Waals surface area contributed by atoms with E-state index in [0.29, 0.717) is 16.5 Å². The van der Waals surface area contributed by atoms with Crippen LogP contribution in [0.2, 0.25) is 5.02 Å². The monoisotopic (exact) mass is 291 g/mol. The third kappa shape index (κ3) is 3.19. The van der Waals surface area contributed by atoms with Crippen LogP contribution in [0.25, 0.3) is 0 Å². The summed E-state index contributed by atoms with van der Waals surface area (Å²) in [7, 11) is 1.55. The topological polar surface area (TPSA) is 42.2 Å². The molecule has 102 valence electrons. The molecule has 0 atom stereocenters. The fourth-order valence-electron chi connectivity index (χ4n) is 1.70. The summed E-state index contributed by atoms with van der Waals surface area (Å²) in [6.07, 6.45) is 0. The van der Waals surface area contributed by atoms with Crippen molar-refractivity contribution in [1.82, 2.24) is 0 Å². The van der Waals surface area contributed by atoms with E-state index >= 15 is 0 Å². The minimum absolute atomic E-state index is 0.0160. The van der Waals surface area contributed by atoms with Crippen LogP contribution in [-0.2, 0) is 6.61 Å². The van der Waals surface area contributed by atoms with Crippen molar-refractivity contribution in [3.05, 3.63) is 58.4 Å². The molecule has 0 spiro atoms. The van der Waals surface area contributed by atoms with Crippen molar-refractivity contribution in [3.8, 4) is 17.6 Å². The Kier molecular flexibility index (Phi) is 4.44. The number of nitriles is 1. The Morgan fingerprint density at radius 2 is 2.05 bits per heavy atom. The molecule has 3 nitrogen and oxygen atoms in total. The van der Waals surface area contributed by atoms with E-state index in [-0.39, 0.29) is 12.2 Å². The van der Waals surface area contributed by atoms with E-state index in [1.165, 1.54) is 12.1 Å². The van der Waals surface area contributed by atoms with E-state index in [9.17, 15) is 4.39 Å². The SMILES string of the molecule is COc1ccc(Cl)cc1COc1ccc(C#N)c(F)c1. The Labute approximate surface area is 121 Å². The molecule has 2 rings (SSSR count). The molecule has 2 aromatic rings. The van der Waals surface area contributed by atoms with Crippen LogP contribution in [0.4, 0.5) is 4.39 Å². The van der Waals surface area contributed by atoms with E-state index in [1.807, 2.05) is 0 Å². The predicted octanol–water partition coefficient (Wildman–Crippen LogP) is 3.94. The van der Waals surface area contributed by atoms with Crippen LogP contribution >= 0.6 is 11.6 Å². The number of ether oxygens (including phenoxy) is 2. The molecule has 5 heteroatoms. The highest BCUT2D eigenvalue weighted by molar-refractivity contribution is 6.30. The lowest BCUT2D eigenvalue weighted by Crippen LogP contribution is -1.99. The lowest BCUT2D eigenvalue weighted by Gasteiger charge is -2.11. The molecule has 0 radical (unpaired) electrons. The summed E-state index contributed by atoms with van der Waals surface area (Å²) in [4.78, 5) is 0. The van der Waals surface area contributed by atoms with Gasteiger partial charge in [0.25, 0.3) is 0 Å². The number of halogens is 2. The first kappa shape index (κ1) is 14.2. The second-order valence-electron chi connectivity index (χ2n) is 4.00. The number of hydrogen-bond acceptors (Lipinski definition) is 3. The summed E-state index contributed by atoms with van der Waals surface area (Å²) >= 11 is 5.91. The van der Waals surface area contributed by atoms with E-state index in [4.69, 9.17) is 26.3 Å². The Morgan fingerprint density at radius 3 is 2.70 bits per heavy atom. The van der Waals surface area contributed by atoms with Crippen LogP contribution in [0.3, 0.4) is 0 Å². The normalized spacial score (nSPS) is 9.90. The molecule has 0 saturated carbocycles. The molecule has 2 aromatic carbocycles. The molecule has 0 N–H and O–H groups in total. The molecule has 0 aliphatic carbocycles. The molecule has 20 heavy (non-hydrogen) atoms. The van der Waals surface area contributed by atoms with Crippen LogP contribution in [0.5, 0.6) is 11.5 Å². The van der Waals surface area contributed by atoms with Crippen LogP contribution in [0, 0.1) is 17.1 Å². The molecule has 0 unspecified atom stereocenters. The first-order valence-electron chi connectivity index (χ1n) is 5.79. The quantitative estimate of drug-likeness (QED) is 0.857. The Balaban J connectivity index is 2.15. The maximum Gasteiger partial charge on any atom is 0.144 e. The molecule has 0 aliphatic rings. The van der Waals surface area contributed by atoms with Crippen molar-refractivity contribution >= 4 is 11.6 Å². The minimum Gasteiger partial charge on any atom is -0.496 e. The molecule has 0 heterocycles. The standard InChI is InChI=1S/C15H11ClFNO2/c1-19-15-5-3-12(16)6-11(15)9-20-13-4-2-10(8-18)14(17)7-13/h2-7H,9H2,1H3. The molecule has 0 saturated heterocycles. The Bertz CT molecular complexity index is 667. The first-order chi connectivity index (χ1) is 9.63. The zero-order valence-corrected chi connectivity index (χ0v) is 11.4. The third-order valence-corrected chi connectivity index (χ3v) is 2.93. The summed E-state index contributed by atoms with van der Waals surface area (Å²) in [5.74, 6) is 0.370. The molecule has 0 fully saturated rings. The second-order valence-corrected chi connectivity index (χ2v) is 4.43. The van der Waals surface area contributed by atoms with Gasteiger partial charge in [-0.05, 0) is 30.3 Å². The van der Waals surface area contributed by atoms with Gasteiger partial charge in [0.05, 0.1) is 12.7 Å². The molecule has 0 amide bonds. The average molecular weight is 292 g/mol. The van der Waals surface area contributed by atoms with Gasteiger partial charge < -0.3 is 9.47 Å². The Hall–Kier alpha value is -2.25. The first-order valence-corrected chi connectivity index (χ1v) is 6.16. The molecule has 0 aromatic heterocycles. The fourth-order valence-corrected chi connectivity index (χ4v) is 1.89. The highest BCUT2D eigenvalue weighted by Crippen LogP contribution is 2.25. The summed E-state index contributed by atoms with van der Waals surface area (Å²) in [6.45, 7) is 0.190. The zero-order chi connectivity index (χ0) is 14.5. The summed E-state index contributed by atoms with van der Waals surface area (Å²) in [5.41, 5.74) is 0.738. The van der Waals surface area contributed by atoms with E-state index in [0.717, 1.165) is 5.56 Å². The van der Waals surface area contributed by atoms with Crippen LogP contribution in [0.1, 0.15) is 11.1 Å². The molecular formula is C15H11ClFNO2. The average Bonchev–Trinajstić information content (AvgIpc) is 2.45. The minimum atomic E-state index is -0.608. The maximum absolute atomic E-state index is 13.4. The van der Waals surface area contributed by atoms with Crippen molar-refractivity contribution in [3.63, 3.8) is 0 Å². The fraction of sp³-hybridized carbons (Fsp3) is 0.133. The van der Waals surface area contributed by atoms with Gasteiger partial charge in [-0.3, -0.25) is 0 Å². The zero-order valence-electron chi connectivity index (χ0n) is 10.7. The number of methoxy groups -OCH3 is 1. The number of rotatable bonds is 4. The highest BCUT2D eigenvalue weighted by atomic mass is 35.5. The van der Waals surface area contributed by atoms with Gasteiger partial charge in [0.2, 0.25) is 0 Å². The van der Waals surface area contributed by atoms with Gasteiger partial charge in [0.1, 0.15) is 30.0 Å². The second kappa shape index (κ2) is 6.27. The van der Waals surface area contributed by atoms with Gasteiger partial charge in [-0.25, -0.2) is 4.39 Å². The van der Waals surface area contributed by atoms with Gasteiger partial charge in [-0.1, -0.05) is 11.6 Å². The van der Waals surface area contributed by atoms with Crippen molar-refractivity contribution in [2.24, 2.45) is 0 Å². The van der Waals surface area contributed by atoms with Crippen molar-refractivity contribution < 1.29 is 13.9 Å². The summed E-state index contributed by atoms with van der Waals surface area (Å²) < 4.78 is 24.1. The van der Waals surface area contributed by atoms with E-state index < -0.39 is 5.82 Å². The maximum atomic E-state index is 13.4. The Morgan fingerprint density at radius 1 is 1.25 bits per heavy atom. The van der Waals surface area contributed by atoms with Crippen LogP contribution < -0.4 is 9.47 Å². The van der Waals surface area contributed by atoms with Crippen molar-refractivity contribution in [2.75, 3.05) is 7.11 Å². The lowest BCUT2D eigenvalue weighted by molar-refractivity contribution is 0.295. The van der Waals surface area contributed by atoms with Gasteiger partial charge in [-0.15, -0.1) is 0 Å². The largest absolute Gasteiger partial charge is 0.496 e. The van der Waals surface area contributed by atoms with Crippen LogP contribution in [-0.4, -0.2) is 7.11 Å². The highest BCUT2D eigenvalue weighted by Gasteiger charge is 2.07. The molecule has 0 aliphatic heterocycles. The van der Waals surface area contributed by atoms with Crippen LogP contribution in [0.15, 0.2) is 36.4 Å². The van der Waals surface area contributed by atoms with Crippen molar-refractivity contribution in [1.29, 1.82) is 5.26 Å². The van der Waals surface area contributed by atoms with E-state index in [2.05, 4.69) is 0 Å². The number of nitrogens with zero attached hydrogens (tertiary/aromatic N) is 1. The molecule has 0 bridgehead atoms. The third-order valence-electron chi connectivity index (χ3n) is 2.70. The van der Waals surface area contributed by atoms with Gasteiger partial charge in [0, 0.05) is 16.7 Å². The number of benzene rings is 2. The predicted molar refractivity (Wildman–Crippen MR) is 73.5 cm³/mol. The summed E-state index contributed by atoms with van der Waals surface area (Å²) in [5, 5.41) is 9.22. The lowest BCUT2D eigenvalue weighted by atomic mass is 10.2. The summed E-state index contributed by atoms with van der Waals surface area (Å²) in [6, 6.07) is 11.0. The van der Waals surface area contributed by atoms with E-state index in [1.54, 1.807) is 37.4 Å². The van der Waals surface area contributed by atoms with Gasteiger partial charge in [-0.2, -0.15) is 5.26 Å². The number of hydrogen-bond donors (Lipinski definition) is 0. The molecular weight excluding hydrogens is 281 g/mol.